The van der Waals surface area contributed by atoms with E-state index in [1.54, 1.807) is 18.2 Å². The van der Waals surface area contributed by atoms with Crippen molar-refractivity contribution in [2.75, 3.05) is 86.7 Å². The number of nitrogens with one attached hydrogen (secondary N) is 1. The quantitative estimate of drug-likeness (QED) is 0.269. The zero-order valence-electron chi connectivity index (χ0n) is 31.8. The molecule has 1 N–H and O–H groups in total. The summed E-state index contributed by atoms with van der Waals surface area (Å²) in [6.45, 7) is 16.4. The first kappa shape index (κ1) is 37.1. The lowest BCUT2D eigenvalue weighted by Gasteiger charge is -2.45. The number of carbonyl (C=O) groups excluding carboxylic acids is 5. The number of piperidine rings is 2. The molecule has 5 fully saturated rings. The fourth-order valence-corrected chi connectivity index (χ4v) is 9.96. The van der Waals surface area contributed by atoms with Crippen LogP contribution < -0.4 is 20.0 Å². The van der Waals surface area contributed by atoms with Crippen molar-refractivity contribution >= 4 is 63.9 Å². The van der Waals surface area contributed by atoms with E-state index in [0.717, 1.165) is 100 Å². The second kappa shape index (κ2) is 14.8. The van der Waals surface area contributed by atoms with Crippen LogP contribution >= 0.6 is 11.6 Å². The number of anilines is 3. The summed E-state index contributed by atoms with van der Waals surface area (Å²) in [6, 6.07) is 18.1. The number of carbonyl (C=O) groups is 5. The second-order valence-electron chi connectivity index (χ2n) is 16.5. The van der Waals surface area contributed by atoms with E-state index < -0.39 is 29.7 Å². The number of benzene rings is 3. The summed E-state index contributed by atoms with van der Waals surface area (Å²) in [5.74, 6) is -1.53. The van der Waals surface area contributed by atoms with E-state index in [9.17, 15) is 24.0 Å². The van der Waals surface area contributed by atoms with E-state index in [2.05, 4.69) is 41.9 Å². The fourth-order valence-electron chi connectivity index (χ4n) is 9.75. The maximum absolute atomic E-state index is 13.8. The molecule has 294 valence electrons. The zero-order chi connectivity index (χ0) is 39.4. The Morgan fingerprint density at radius 1 is 0.825 bits per heavy atom. The zero-order valence-corrected chi connectivity index (χ0v) is 32.5. The molecule has 13 nitrogen and oxygen atoms in total. The SMILES string of the molecule is [C-]#[N+]c1ccc(N2CCC3(CC2)CCN(c2cccc(C(=O)N4CCN(CC5CN(c6cccc7c6C(=O)N(C6CCC(=O)NC6=O)C7=O)C5)CC4)c2)C3)cc1Cl. The summed E-state index contributed by atoms with van der Waals surface area (Å²) in [7, 11) is 0. The highest BCUT2D eigenvalue weighted by atomic mass is 35.5. The summed E-state index contributed by atoms with van der Waals surface area (Å²) < 4.78 is 0. The van der Waals surface area contributed by atoms with Crippen molar-refractivity contribution in [2.45, 2.75) is 38.1 Å². The maximum Gasteiger partial charge on any atom is 0.264 e. The molecular weight excluding hydrogens is 744 g/mol. The summed E-state index contributed by atoms with van der Waals surface area (Å²) in [4.78, 5) is 80.6. The molecule has 14 heteroatoms. The first-order valence-corrected chi connectivity index (χ1v) is 20.4. The van der Waals surface area contributed by atoms with Gasteiger partial charge in [-0.05, 0) is 73.6 Å². The van der Waals surface area contributed by atoms with Gasteiger partial charge in [0.2, 0.25) is 17.5 Å². The average Bonchev–Trinajstić information content (AvgIpc) is 3.73. The number of piperazine rings is 1. The first-order chi connectivity index (χ1) is 27.6. The van der Waals surface area contributed by atoms with E-state index in [1.807, 2.05) is 35.2 Å². The summed E-state index contributed by atoms with van der Waals surface area (Å²) in [5.41, 5.74) is 4.98. The minimum absolute atomic E-state index is 0.0694. The third kappa shape index (κ3) is 6.89. The van der Waals surface area contributed by atoms with Crippen LogP contribution in [0.25, 0.3) is 4.85 Å². The van der Waals surface area contributed by atoms with Crippen molar-refractivity contribution in [2.24, 2.45) is 11.3 Å². The van der Waals surface area contributed by atoms with Crippen molar-refractivity contribution in [3.63, 3.8) is 0 Å². The Hall–Kier alpha value is -5.45. The van der Waals surface area contributed by atoms with Gasteiger partial charge in [-0.25, -0.2) is 4.85 Å². The highest BCUT2D eigenvalue weighted by molar-refractivity contribution is 6.33. The molecule has 3 aromatic carbocycles. The topological polar surface area (TPSA) is 121 Å². The van der Waals surface area contributed by atoms with Crippen LogP contribution in [-0.4, -0.2) is 122 Å². The van der Waals surface area contributed by atoms with Crippen molar-refractivity contribution in [1.82, 2.24) is 20.0 Å². The summed E-state index contributed by atoms with van der Waals surface area (Å²) in [5, 5.41) is 2.76. The molecule has 5 saturated heterocycles. The molecule has 0 aromatic heterocycles. The van der Waals surface area contributed by atoms with E-state index in [1.165, 1.54) is 0 Å². The molecule has 0 radical (unpaired) electrons. The number of imide groups is 2. The molecule has 3 aromatic rings. The summed E-state index contributed by atoms with van der Waals surface area (Å²) in [6.07, 6.45) is 3.52. The molecule has 1 atom stereocenters. The molecule has 0 saturated carbocycles. The van der Waals surface area contributed by atoms with Gasteiger partial charge in [-0.3, -0.25) is 39.1 Å². The number of hydrogen-bond donors (Lipinski definition) is 1. The summed E-state index contributed by atoms with van der Waals surface area (Å²) >= 11 is 6.33. The molecule has 6 heterocycles. The molecular formula is C43H45ClN8O5. The molecule has 6 aliphatic rings. The lowest BCUT2D eigenvalue weighted by Crippen LogP contribution is -2.56. The van der Waals surface area contributed by atoms with E-state index >= 15 is 0 Å². The monoisotopic (exact) mass is 788 g/mol. The predicted octanol–water partition coefficient (Wildman–Crippen LogP) is 4.68. The van der Waals surface area contributed by atoms with Crippen LogP contribution in [0.1, 0.15) is 63.2 Å². The standard InChI is InChI=1S/C43H45ClN8O5/c1-45-34-9-8-31(23-33(34)44)48-15-12-43(13-16-48)14-17-50(27-43)30-5-2-4-29(22-30)40(55)49-20-18-47(19-21-49)24-28-25-51(26-28)35-7-3-6-32-38(35)42(57)52(41(32)56)36-10-11-37(53)46-39(36)54/h2-9,22-23,28,36H,10-21,24-27H2,(H,46,53,54). The van der Waals surface area contributed by atoms with Gasteiger partial charge in [-0.15, -0.1) is 0 Å². The molecule has 1 spiro atoms. The lowest BCUT2D eigenvalue weighted by atomic mass is 9.77. The molecule has 9 rings (SSSR count). The van der Waals surface area contributed by atoms with Crippen molar-refractivity contribution in [1.29, 1.82) is 0 Å². The highest BCUT2D eigenvalue weighted by Crippen LogP contribution is 2.44. The van der Waals surface area contributed by atoms with Gasteiger partial charge in [0.1, 0.15) is 6.04 Å². The van der Waals surface area contributed by atoms with Gasteiger partial charge < -0.3 is 19.6 Å². The molecule has 6 aliphatic heterocycles. The van der Waals surface area contributed by atoms with Crippen LogP contribution in [0.2, 0.25) is 5.02 Å². The van der Waals surface area contributed by atoms with Gasteiger partial charge in [0.05, 0.1) is 23.4 Å². The fraction of sp³-hybridized carbons (Fsp3) is 0.442. The van der Waals surface area contributed by atoms with E-state index in [-0.39, 0.29) is 24.2 Å². The smallest absolute Gasteiger partial charge is 0.264 e. The van der Waals surface area contributed by atoms with Gasteiger partial charge in [0.25, 0.3) is 17.7 Å². The number of amides is 5. The Bertz CT molecular complexity index is 2200. The highest BCUT2D eigenvalue weighted by Gasteiger charge is 2.47. The third-order valence-corrected chi connectivity index (χ3v) is 13.4. The Morgan fingerprint density at radius 2 is 1.54 bits per heavy atom. The van der Waals surface area contributed by atoms with Crippen LogP contribution in [0.3, 0.4) is 0 Å². The minimum atomic E-state index is -0.988. The van der Waals surface area contributed by atoms with Gasteiger partial charge in [-0.2, -0.15) is 0 Å². The Morgan fingerprint density at radius 3 is 2.26 bits per heavy atom. The van der Waals surface area contributed by atoms with Crippen molar-refractivity contribution < 1.29 is 24.0 Å². The van der Waals surface area contributed by atoms with Crippen LogP contribution in [0.15, 0.2) is 60.7 Å². The molecule has 5 amide bonds. The predicted molar refractivity (Wildman–Crippen MR) is 216 cm³/mol. The third-order valence-electron chi connectivity index (χ3n) is 13.1. The largest absolute Gasteiger partial charge is 0.372 e. The lowest BCUT2D eigenvalue weighted by molar-refractivity contribution is -0.136. The van der Waals surface area contributed by atoms with Crippen LogP contribution in [0.4, 0.5) is 22.7 Å². The van der Waals surface area contributed by atoms with Crippen LogP contribution in [0, 0.1) is 17.9 Å². The Labute approximate surface area is 336 Å². The molecule has 0 bridgehead atoms. The van der Waals surface area contributed by atoms with Gasteiger partial charge in [-0.1, -0.05) is 29.8 Å². The van der Waals surface area contributed by atoms with E-state index in [0.29, 0.717) is 46.5 Å². The van der Waals surface area contributed by atoms with Gasteiger partial charge in [0.15, 0.2) is 0 Å². The maximum atomic E-state index is 13.8. The molecule has 1 unspecified atom stereocenters. The Kier molecular flexibility index (Phi) is 9.65. The van der Waals surface area contributed by atoms with Gasteiger partial charge in [0, 0.05) is 106 Å². The normalized spacial score (nSPS) is 22.5. The number of halogens is 1. The van der Waals surface area contributed by atoms with Crippen molar-refractivity contribution in [3.8, 4) is 0 Å². The average molecular weight is 789 g/mol. The number of hydrogen-bond acceptors (Lipinski definition) is 9. The van der Waals surface area contributed by atoms with Crippen molar-refractivity contribution in [3.05, 3.63) is 93.8 Å². The molecule has 57 heavy (non-hydrogen) atoms. The number of nitrogens with zero attached hydrogens (tertiary/aromatic N) is 7. The number of rotatable bonds is 7. The van der Waals surface area contributed by atoms with Gasteiger partial charge >= 0.3 is 0 Å². The molecule has 0 aliphatic carbocycles. The Balaban J connectivity index is 0.751. The second-order valence-corrected chi connectivity index (χ2v) is 16.9. The van der Waals surface area contributed by atoms with Crippen LogP contribution in [-0.2, 0) is 9.59 Å². The number of fused-ring (bicyclic) bond motifs is 1. The van der Waals surface area contributed by atoms with Crippen LogP contribution in [0.5, 0.6) is 0 Å². The van der Waals surface area contributed by atoms with E-state index in [4.69, 9.17) is 18.2 Å². The minimum Gasteiger partial charge on any atom is -0.372 e. The first-order valence-electron chi connectivity index (χ1n) is 20.0.